The fourth-order valence-electron chi connectivity index (χ4n) is 1.73. The largest absolute Gasteiger partial charge is 0.384 e. The summed E-state index contributed by atoms with van der Waals surface area (Å²) in [5.41, 5.74) is 9.05. The zero-order valence-corrected chi connectivity index (χ0v) is 9.09. The van der Waals surface area contributed by atoms with E-state index in [-0.39, 0.29) is 5.84 Å². The molecule has 0 aromatic carbocycles. The van der Waals surface area contributed by atoms with Crippen LogP contribution in [0.5, 0.6) is 0 Å². The summed E-state index contributed by atoms with van der Waals surface area (Å²) >= 11 is 0. The van der Waals surface area contributed by atoms with Crippen molar-refractivity contribution in [2.75, 3.05) is 5.32 Å². The molecule has 1 saturated carbocycles. The molecule has 0 amide bonds. The smallest absolute Gasteiger partial charge is 0.126 e. The van der Waals surface area contributed by atoms with Crippen molar-refractivity contribution in [2.45, 2.75) is 32.7 Å². The van der Waals surface area contributed by atoms with Crippen LogP contribution in [0.25, 0.3) is 0 Å². The van der Waals surface area contributed by atoms with Gasteiger partial charge in [-0.2, -0.15) is 0 Å². The van der Waals surface area contributed by atoms with Crippen LogP contribution in [-0.4, -0.2) is 16.9 Å². The highest BCUT2D eigenvalue weighted by Crippen LogP contribution is 2.28. The van der Waals surface area contributed by atoms with Gasteiger partial charge in [0.1, 0.15) is 5.84 Å². The van der Waals surface area contributed by atoms with Crippen LogP contribution >= 0.6 is 0 Å². The lowest BCUT2D eigenvalue weighted by Crippen LogP contribution is -2.18. The van der Waals surface area contributed by atoms with Gasteiger partial charge >= 0.3 is 0 Å². The molecule has 2 rings (SSSR count). The highest BCUT2D eigenvalue weighted by molar-refractivity contribution is 6.01. The van der Waals surface area contributed by atoms with Crippen LogP contribution in [0.2, 0.25) is 0 Å². The summed E-state index contributed by atoms with van der Waals surface area (Å²) in [6.07, 6.45) is 2.41. The summed E-state index contributed by atoms with van der Waals surface area (Å²) in [6.45, 7) is 3.84. The van der Waals surface area contributed by atoms with Gasteiger partial charge in [0.2, 0.25) is 0 Å². The molecule has 1 aromatic heterocycles. The molecule has 0 saturated heterocycles. The second-order valence-electron chi connectivity index (χ2n) is 4.10. The Labute approximate surface area is 89.4 Å². The van der Waals surface area contributed by atoms with E-state index in [9.17, 15) is 0 Å². The summed E-state index contributed by atoms with van der Waals surface area (Å²) in [6, 6.07) is 2.52. The maximum atomic E-state index is 7.55. The minimum atomic E-state index is 0.0863. The molecule has 15 heavy (non-hydrogen) atoms. The third-order valence-corrected chi connectivity index (χ3v) is 2.53. The summed E-state index contributed by atoms with van der Waals surface area (Å²) < 4.78 is 0. The van der Waals surface area contributed by atoms with Crippen LogP contribution in [-0.2, 0) is 0 Å². The molecule has 80 valence electrons. The number of rotatable bonds is 3. The van der Waals surface area contributed by atoms with Crippen LogP contribution in [0.1, 0.15) is 29.8 Å². The Morgan fingerprint density at radius 1 is 1.53 bits per heavy atom. The molecule has 1 aliphatic carbocycles. The number of amidine groups is 1. The molecular formula is C11H16N4. The van der Waals surface area contributed by atoms with E-state index in [1.54, 1.807) is 0 Å². The first-order chi connectivity index (χ1) is 7.08. The molecule has 1 heterocycles. The molecular weight excluding hydrogens is 188 g/mol. The van der Waals surface area contributed by atoms with Crippen LogP contribution in [0, 0.1) is 19.3 Å². The molecule has 0 radical (unpaired) electrons. The predicted molar refractivity (Wildman–Crippen MR) is 61.4 cm³/mol. The lowest BCUT2D eigenvalue weighted by molar-refractivity contribution is 1.08. The van der Waals surface area contributed by atoms with E-state index in [0.717, 1.165) is 22.6 Å². The van der Waals surface area contributed by atoms with Crippen molar-refractivity contribution in [2.24, 2.45) is 5.73 Å². The molecule has 1 fully saturated rings. The average Bonchev–Trinajstić information content (AvgIpc) is 2.85. The Bertz CT molecular complexity index is 407. The van der Waals surface area contributed by atoms with Gasteiger partial charge in [-0.05, 0) is 32.8 Å². The molecule has 4 heteroatoms. The van der Waals surface area contributed by atoms with E-state index in [4.69, 9.17) is 11.1 Å². The van der Waals surface area contributed by atoms with Gasteiger partial charge in [-0.15, -0.1) is 0 Å². The Morgan fingerprint density at radius 2 is 2.20 bits per heavy atom. The molecule has 1 aromatic rings. The Balaban J connectivity index is 2.42. The molecule has 1 aliphatic rings. The topological polar surface area (TPSA) is 74.8 Å². The van der Waals surface area contributed by atoms with E-state index in [2.05, 4.69) is 10.3 Å². The number of hydrogen-bond acceptors (Lipinski definition) is 3. The van der Waals surface area contributed by atoms with Crippen molar-refractivity contribution >= 4 is 11.5 Å². The average molecular weight is 204 g/mol. The minimum Gasteiger partial charge on any atom is -0.384 e. The number of nitrogens with zero attached hydrogens (tertiary/aromatic N) is 1. The fourth-order valence-corrected chi connectivity index (χ4v) is 1.73. The Hall–Kier alpha value is -1.58. The molecule has 0 aliphatic heterocycles. The number of hydrogen-bond donors (Lipinski definition) is 3. The molecule has 0 spiro atoms. The number of nitrogens with one attached hydrogen (secondary N) is 2. The highest BCUT2D eigenvalue weighted by atomic mass is 15.0. The van der Waals surface area contributed by atoms with Crippen LogP contribution in [0.15, 0.2) is 6.07 Å². The van der Waals surface area contributed by atoms with Crippen molar-refractivity contribution in [3.8, 4) is 0 Å². The maximum Gasteiger partial charge on any atom is 0.126 e. The van der Waals surface area contributed by atoms with Crippen molar-refractivity contribution in [1.29, 1.82) is 5.41 Å². The molecule has 4 N–H and O–H groups in total. The predicted octanol–water partition coefficient (Wildman–Crippen LogP) is 1.56. The summed E-state index contributed by atoms with van der Waals surface area (Å²) in [7, 11) is 0. The first-order valence-corrected chi connectivity index (χ1v) is 5.17. The first kappa shape index (κ1) is 9.96. The second-order valence-corrected chi connectivity index (χ2v) is 4.10. The van der Waals surface area contributed by atoms with E-state index in [1.165, 1.54) is 12.8 Å². The molecule has 0 bridgehead atoms. The van der Waals surface area contributed by atoms with Crippen molar-refractivity contribution in [3.63, 3.8) is 0 Å². The van der Waals surface area contributed by atoms with Gasteiger partial charge in [-0.1, -0.05) is 0 Å². The number of aromatic nitrogens is 1. The number of anilines is 1. The monoisotopic (exact) mass is 204 g/mol. The quantitative estimate of drug-likeness (QED) is 0.516. The SMILES string of the molecule is Cc1cc(NC2CC2)c(C(=N)N)c(C)n1. The van der Waals surface area contributed by atoms with Crippen molar-refractivity contribution in [3.05, 3.63) is 23.0 Å². The lowest BCUT2D eigenvalue weighted by atomic mass is 10.1. The van der Waals surface area contributed by atoms with Crippen molar-refractivity contribution < 1.29 is 0 Å². The number of nitrogen functional groups attached to an aromatic ring is 1. The summed E-state index contributed by atoms with van der Waals surface area (Å²) in [4.78, 5) is 4.32. The zero-order chi connectivity index (χ0) is 11.0. The third-order valence-electron chi connectivity index (χ3n) is 2.53. The zero-order valence-electron chi connectivity index (χ0n) is 9.09. The Kier molecular flexibility index (Phi) is 2.34. The second kappa shape index (κ2) is 3.53. The highest BCUT2D eigenvalue weighted by Gasteiger charge is 2.23. The van der Waals surface area contributed by atoms with E-state index in [0.29, 0.717) is 6.04 Å². The summed E-state index contributed by atoms with van der Waals surface area (Å²) in [5, 5.41) is 10.9. The van der Waals surface area contributed by atoms with Gasteiger partial charge in [0.15, 0.2) is 0 Å². The van der Waals surface area contributed by atoms with Gasteiger partial charge in [0, 0.05) is 17.4 Å². The van der Waals surface area contributed by atoms with Gasteiger partial charge in [-0.25, -0.2) is 0 Å². The lowest BCUT2D eigenvalue weighted by Gasteiger charge is -2.13. The molecule has 0 unspecified atom stereocenters. The Morgan fingerprint density at radius 3 is 2.73 bits per heavy atom. The number of pyridine rings is 1. The van der Waals surface area contributed by atoms with Gasteiger partial charge < -0.3 is 11.1 Å². The standard InChI is InChI=1S/C11H16N4/c1-6-5-9(15-8-3-4-8)10(11(12)13)7(2)14-6/h5,8H,3-4H2,1-2H3,(H3,12,13)(H,14,15). The third kappa shape index (κ3) is 2.09. The summed E-state index contributed by atoms with van der Waals surface area (Å²) in [5.74, 6) is 0.0863. The van der Waals surface area contributed by atoms with Gasteiger partial charge in [0.25, 0.3) is 0 Å². The van der Waals surface area contributed by atoms with Gasteiger partial charge in [-0.3, -0.25) is 10.4 Å². The van der Waals surface area contributed by atoms with Gasteiger partial charge in [0.05, 0.1) is 11.3 Å². The first-order valence-electron chi connectivity index (χ1n) is 5.17. The van der Waals surface area contributed by atoms with Crippen LogP contribution in [0.3, 0.4) is 0 Å². The fraction of sp³-hybridized carbons (Fsp3) is 0.455. The number of aryl methyl sites for hydroxylation is 2. The molecule has 4 nitrogen and oxygen atoms in total. The maximum absolute atomic E-state index is 7.55. The van der Waals surface area contributed by atoms with Crippen LogP contribution in [0.4, 0.5) is 5.69 Å². The van der Waals surface area contributed by atoms with E-state index in [1.807, 2.05) is 19.9 Å². The number of nitrogens with two attached hydrogens (primary N) is 1. The van der Waals surface area contributed by atoms with E-state index >= 15 is 0 Å². The van der Waals surface area contributed by atoms with Crippen molar-refractivity contribution in [1.82, 2.24) is 4.98 Å². The molecule has 0 atom stereocenters. The van der Waals surface area contributed by atoms with E-state index < -0.39 is 0 Å². The van der Waals surface area contributed by atoms with Crippen LogP contribution < -0.4 is 11.1 Å². The minimum absolute atomic E-state index is 0.0863. The normalized spacial score (nSPS) is 15.1.